The highest BCUT2D eigenvalue weighted by Crippen LogP contribution is 2.29. The van der Waals surface area contributed by atoms with Crippen LogP contribution in [0.4, 0.5) is 0 Å². The molecule has 0 fully saturated rings. The molecule has 0 aliphatic carbocycles. The van der Waals surface area contributed by atoms with E-state index in [0.717, 1.165) is 23.4 Å². The van der Waals surface area contributed by atoms with Crippen LogP contribution < -0.4 is 11.1 Å². The van der Waals surface area contributed by atoms with Gasteiger partial charge in [0, 0.05) is 12.2 Å². The molecule has 0 radical (unpaired) electrons. The first-order valence-corrected chi connectivity index (χ1v) is 8.71. The van der Waals surface area contributed by atoms with Crippen LogP contribution in [0, 0.1) is 0 Å². The highest BCUT2D eigenvalue weighted by molar-refractivity contribution is 5.36. The standard InChI is InChI=1S/C23H32N2/c1-7-8-12-20(5)23(6,21-13-10-9-11-14-21)25-16-15-19(4)22(24)17-18(2)3/h7-15,17,25H,2,16,24H2,1,3-6H3/b8-7-,19-15-,20-12+,22-17+. The van der Waals surface area contributed by atoms with Crippen molar-refractivity contribution in [3.05, 3.63) is 95.3 Å². The van der Waals surface area contributed by atoms with Crippen LogP contribution in [0.1, 0.15) is 40.2 Å². The number of nitrogens with two attached hydrogens (primary N) is 1. The average molecular weight is 337 g/mol. The van der Waals surface area contributed by atoms with Gasteiger partial charge >= 0.3 is 0 Å². The molecule has 134 valence electrons. The fourth-order valence-corrected chi connectivity index (χ4v) is 2.55. The van der Waals surface area contributed by atoms with Crippen LogP contribution >= 0.6 is 0 Å². The van der Waals surface area contributed by atoms with E-state index in [1.165, 1.54) is 11.1 Å². The van der Waals surface area contributed by atoms with Gasteiger partial charge in [-0.25, -0.2) is 0 Å². The first-order valence-electron chi connectivity index (χ1n) is 8.71. The van der Waals surface area contributed by atoms with Crippen molar-refractivity contribution in [1.29, 1.82) is 0 Å². The minimum Gasteiger partial charge on any atom is -0.399 e. The molecule has 0 aromatic heterocycles. The zero-order chi connectivity index (χ0) is 18.9. The van der Waals surface area contributed by atoms with Crippen molar-refractivity contribution < 1.29 is 0 Å². The van der Waals surface area contributed by atoms with Crippen LogP contribution in [-0.2, 0) is 5.54 Å². The lowest BCUT2D eigenvalue weighted by Crippen LogP contribution is -2.41. The molecule has 0 bridgehead atoms. The van der Waals surface area contributed by atoms with Gasteiger partial charge in [-0.3, -0.25) is 0 Å². The van der Waals surface area contributed by atoms with Crippen molar-refractivity contribution in [2.75, 3.05) is 6.54 Å². The second-order valence-electron chi connectivity index (χ2n) is 6.58. The molecule has 0 heterocycles. The van der Waals surface area contributed by atoms with Crippen molar-refractivity contribution in [2.24, 2.45) is 5.73 Å². The van der Waals surface area contributed by atoms with E-state index in [-0.39, 0.29) is 5.54 Å². The van der Waals surface area contributed by atoms with Gasteiger partial charge in [0.1, 0.15) is 0 Å². The molecule has 0 saturated heterocycles. The quantitative estimate of drug-likeness (QED) is 0.626. The van der Waals surface area contributed by atoms with Gasteiger partial charge in [0.2, 0.25) is 0 Å². The number of hydrogen-bond acceptors (Lipinski definition) is 2. The maximum atomic E-state index is 6.09. The van der Waals surface area contributed by atoms with Gasteiger partial charge < -0.3 is 11.1 Å². The third-order valence-electron chi connectivity index (χ3n) is 4.40. The van der Waals surface area contributed by atoms with Crippen molar-refractivity contribution in [3.63, 3.8) is 0 Å². The summed E-state index contributed by atoms with van der Waals surface area (Å²) in [6.07, 6.45) is 10.3. The van der Waals surface area contributed by atoms with E-state index >= 15 is 0 Å². The number of rotatable bonds is 8. The topological polar surface area (TPSA) is 38.0 Å². The highest BCUT2D eigenvalue weighted by atomic mass is 15.0. The van der Waals surface area contributed by atoms with E-state index in [2.05, 4.69) is 68.2 Å². The van der Waals surface area contributed by atoms with Gasteiger partial charge in [0.15, 0.2) is 0 Å². The van der Waals surface area contributed by atoms with Gasteiger partial charge in [0.25, 0.3) is 0 Å². The monoisotopic (exact) mass is 336 g/mol. The SMILES string of the molecule is C=C(C)/C=C(N)\C(C)=C/CNC(C)(/C(C)=C/C=C\C)c1ccccc1. The summed E-state index contributed by atoms with van der Waals surface area (Å²) in [5, 5.41) is 3.68. The number of nitrogens with one attached hydrogen (secondary N) is 1. The smallest absolute Gasteiger partial charge is 0.0624 e. The zero-order valence-electron chi connectivity index (χ0n) is 16.3. The first-order chi connectivity index (χ1) is 11.8. The van der Waals surface area contributed by atoms with Crippen molar-refractivity contribution in [2.45, 2.75) is 40.2 Å². The molecule has 1 aromatic carbocycles. The molecule has 0 saturated carbocycles. The second kappa shape index (κ2) is 9.85. The summed E-state index contributed by atoms with van der Waals surface area (Å²) >= 11 is 0. The predicted octanol–water partition coefficient (Wildman–Crippen LogP) is 5.38. The summed E-state index contributed by atoms with van der Waals surface area (Å²) in [5.74, 6) is 0. The first kappa shape index (κ1) is 20.7. The molecule has 0 aliphatic rings. The third kappa shape index (κ3) is 6.24. The Balaban J connectivity index is 3.06. The molecule has 1 unspecified atom stereocenters. The Bertz CT molecular complexity index is 690. The van der Waals surface area contributed by atoms with E-state index in [4.69, 9.17) is 5.73 Å². The van der Waals surface area contributed by atoms with E-state index < -0.39 is 0 Å². The summed E-state index contributed by atoms with van der Waals surface area (Å²) in [4.78, 5) is 0. The fourth-order valence-electron chi connectivity index (χ4n) is 2.55. The zero-order valence-corrected chi connectivity index (χ0v) is 16.3. The molecule has 0 spiro atoms. The molecule has 2 nitrogen and oxygen atoms in total. The minimum atomic E-state index is -0.246. The van der Waals surface area contributed by atoms with Crippen LogP contribution in [-0.4, -0.2) is 6.54 Å². The van der Waals surface area contributed by atoms with Crippen LogP contribution in [0.5, 0.6) is 0 Å². The molecule has 1 atom stereocenters. The Morgan fingerprint density at radius 1 is 1.20 bits per heavy atom. The summed E-state index contributed by atoms with van der Waals surface area (Å²) in [6, 6.07) is 10.5. The average Bonchev–Trinajstić information content (AvgIpc) is 2.59. The lowest BCUT2D eigenvalue weighted by Gasteiger charge is -2.33. The second-order valence-corrected chi connectivity index (χ2v) is 6.58. The summed E-state index contributed by atoms with van der Waals surface area (Å²) in [5.41, 5.74) is 11.1. The van der Waals surface area contributed by atoms with Crippen LogP contribution in [0.15, 0.2) is 89.7 Å². The Morgan fingerprint density at radius 3 is 2.40 bits per heavy atom. The van der Waals surface area contributed by atoms with E-state index in [1.54, 1.807) is 0 Å². The molecular weight excluding hydrogens is 304 g/mol. The van der Waals surface area contributed by atoms with Crippen LogP contribution in [0.3, 0.4) is 0 Å². The molecule has 0 amide bonds. The van der Waals surface area contributed by atoms with Gasteiger partial charge in [-0.05, 0) is 57.4 Å². The number of benzene rings is 1. The summed E-state index contributed by atoms with van der Waals surface area (Å²) in [7, 11) is 0. The number of allylic oxidation sites excluding steroid dienone is 6. The number of hydrogen-bond donors (Lipinski definition) is 2. The Hall–Kier alpha value is -2.32. The lowest BCUT2D eigenvalue weighted by atomic mass is 9.84. The summed E-state index contributed by atoms with van der Waals surface area (Å²) < 4.78 is 0. The van der Waals surface area contributed by atoms with Crippen molar-refractivity contribution >= 4 is 0 Å². The van der Waals surface area contributed by atoms with Gasteiger partial charge in [0.05, 0.1) is 5.54 Å². The Labute approximate surface area is 153 Å². The van der Waals surface area contributed by atoms with Gasteiger partial charge in [-0.1, -0.05) is 66.8 Å². The Morgan fingerprint density at radius 2 is 1.84 bits per heavy atom. The largest absolute Gasteiger partial charge is 0.399 e. The lowest BCUT2D eigenvalue weighted by molar-refractivity contribution is 0.452. The molecule has 1 aromatic rings. The van der Waals surface area contributed by atoms with Crippen LogP contribution in [0.25, 0.3) is 0 Å². The predicted molar refractivity (Wildman–Crippen MR) is 111 cm³/mol. The van der Waals surface area contributed by atoms with E-state index in [0.29, 0.717) is 0 Å². The van der Waals surface area contributed by atoms with E-state index in [9.17, 15) is 0 Å². The van der Waals surface area contributed by atoms with E-state index in [1.807, 2.05) is 39.0 Å². The molecular formula is C23H32N2. The van der Waals surface area contributed by atoms with Gasteiger partial charge in [-0.2, -0.15) is 0 Å². The van der Waals surface area contributed by atoms with Crippen LogP contribution in [0.2, 0.25) is 0 Å². The van der Waals surface area contributed by atoms with Crippen molar-refractivity contribution in [1.82, 2.24) is 5.32 Å². The maximum Gasteiger partial charge on any atom is 0.0624 e. The highest BCUT2D eigenvalue weighted by Gasteiger charge is 2.27. The Kier molecular flexibility index (Phi) is 8.17. The van der Waals surface area contributed by atoms with Gasteiger partial charge in [-0.15, -0.1) is 0 Å². The third-order valence-corrected chi connectivity index (χ3v) is 4.40. The molecule has 0 aliphatic heterocycles. The van der Waals surface area contributed by atoms with Crippen molar-refractivity contribution in [3.8, 4) is 0 Å². The molecule has 25 heavy (non-hydrogen) atoms. The molecule has 3 N–H and O–H groups in total. The fraction of sp³-hybridized carbons (Fsp3) is 0.304. The molecule has 1 rings (SSSR count). The maximum absolute atomic E-state index is 6.09. The summed E-state index contributed by atoms with van der Waals surface area (Å²) in [6.45, 7) is 15.0. The normalized spacial score (nSPS) is 16.1. The minimum absolute atomic E-state index is 0.246. The molecule has 2 heteroatoms.